The number of halogens is 1. The fourth-order valence-corrected chi connectivity index (χ4v) is 4.05. The van der Waals surface area contributed by atoms with E-state index in [1.54, 1.807) is 6.33 Å². The molecule has 35 heavy (non-hydrogen) atoms. The third-order valence-electron chi connectivity index (χ3n) is 5.92. The van der Waals surface area contributed by atoms with Gasteiger partial charge in [-0.05, 0) is 66.9 Å². The second-order valence-electron chi connectivity index (χ2n) is 8.42. The average molecular weight is 487 g/mol. The number of ether oxygens (including phenoxy) is 1. The molecule has 0 aliphatic heterocycles. The first-order valence-electron chi connectivity index (χ1n) is 11.8. The Morgan fingerprint density at radius 2 is 1.63 bits per heavy atom. The second-order valence-corrected chi connectivity index (χ2v) is 8.42. The third kappa shape index (κ3) is 7.45. The lowest BCUT2D eigenvalue weighted by atomic mass is 10.00. The van der Waals surface area contributed by atoms with Gasteiger partial charge in [-0.2, -0.15) is 5.26 Å². The van der Waals surface area contributed by atoms with Gasteiger partial charge in [0.2, 0.25) is 0 Å². The standard InChI is InChI=1S/C29H30N4O.ClH/c1-2-3-17-33(21-25-13-15-27(16-14-25)34-26-7-5-4-6-8-26)29(28-20-31-22-32-28)18-23-9-11-24(19-30)12-10-23;/h4-16,20,22,29H,2-3,17-18,21H2,1H3,(H,31,32);1H. The van der Waals surface area contributed by atoms with Gasteiger partial charge in [0.25, 0.3) is 0 Å². The number of aromatic nitrogens is 2. The Labute approximate surface area is 213 Å². The summed E-state index contributed by atoms with van der Waals surface area (Å²) in [7, 11) is 0. The lowest BCUT2D eigenvalue weighted by Gasteiger charge is -2.31. The molecule has 3 aromatic carbocycles. The van der Waals surface area contributed by atoms with E-state index in [0.717, 1.165) is 49.5 Å². The van der Waals surface area contributed by atoms with Gasteiger partial charge in [0.1, 0.15) is 11.5 Å². The molecule has 1 unspecified atom stereocenters. The van der Waals surface area contributed by atoms with Crippen molar-refractivity contribution in [3.8, 4) is 17.6 Å². The van der Waals surface area contributed by atoms with Crippen LogP contribution in [0.15, 0.2) is 91.4 Å². The summed E-state index contributed by atoms with van der Waals surface area (Å²) in [6.07, 6.45) is 6.76. The molecule has 0 aliphatic carbocycles. The number of benzene rings is 3. The molecule has 1 atom stereocenters. The fourth-order valence-electron chi connectivity index (χ4n) is 4.05. The maximum atomic E-state index is 9.13. The number of nitrogens with one attached hydrogen (secondary N) is 1. The van der Waals surface area contributed by atoms with Gasteiger partial charge in [0, 0.05) is 12.7 Å². The SMILES string of the molecule is CCCCN(Cc1ccc(Oc2ccccc2)cc1)C(Cc1ccc(C#N)cc1)c1cnc[nH]1.Cl. The number of imidazole rings is 1. The largest absolute Gasteiger partial charge is 0.457 e. The topological polar surface area (TPSA) is 64.9 Å². The smallest absolute Gasteiger partial charge is 0.127 e. The molecule has 4 aromatic rings. The molecule has 180 valence electrons. The number of unbranched alkanes of at least 4 members (excludes halogenated alkanes) is 1. The van der Waals surface area contributed by atoms with E-state index < -0.39 is 0 Å². The number of H-pyrrole nitrogens is 1. The predicted octanol–water partition coefficient (Wildman–Crippen LogP) is 7.08. The Kier molecular flexibility index (Phi) is 9.92. The molecule has 0 radical (unpaired) electrons. The van der Waals surface area contributed by atoms with E-state index in [-0.39, 0.29) is 18.4 Å². The molecular weight excluding hydrogens is 456 g/mol. The van der Waals surface area contributed by atoms with Crippen LogP contribution < -0.4 is 4.74 Å². The lowest BCUT2D eigenvalue weighted by Crippen LogP contribution is -2.31. The van der Waals surface area contributed by atoms with Crippen molar-refractivity contribution in [2.24, 2.45) is 0 Å². The summed E-state index contributed by atoms with van der Waals surface area (Å²) in [5.74, 6) is 1.67. The molecule has 0 saturated carbocycles. The number of nitrogens with zero attached hydrogens (tertiary/aromatic N) is 3. The number of aromatic amines is 1. The molecule has 6 heteroatoms. The van der Waals surface area contributed by atoms with E-state index in [9.17, 15) is 0 Å². The summed E-state index contributed by atoms with van der Waals surface area (Å²) in [5, 5.41) is 9.13. The molecule has 0 aliphatic rings. The maximum absolute atomic E-state index is 9.13. The summed E-state index contributed by atoms with van der Waals surface area (Å²) < 4.78 is 5.96. The maximum Gasteiger partial charge on any atom is 0.127 e. The molecule has 4 rings (SSSR count). The highest BCUT2D eigenvalue weighted by molar-refractivity contribution is 5.85. The van der Waals surface area contributed by atoms with E-state index >= 15 is 0 Å². The van der Waals surface area contributed by atoms with Gasteiger partial charge >= 0.3 is 0 Å². The number of hydrogen-bond donors (Lipinski definition) is 1. The summed E-state index contributed by atoms with van der Waals surface area (Å²) in [6, 6.07) is 28.4. The van der Waals surface area contributed by atoms with Gasteiger partial charge in [-0.15, -0.1) is 12.4 Å². The van der Waals surface area contributed by atoms with Crippen LogP contribution in [0.4, 0.5) is 0 Å². The molecule has 1 heterocycles. The monoisotopic (exact) mass is 486 g/mol. The molecule has 0 saturated heterocycles. The van der Waals surface area contributed by atoms with Gasteiger partial charge in [0.05, 0.1) is 29.7 Å². The molecule has 0 amide bonds. The molecule has 1 N–H and O–H groups in total. The zero-order valence-electron chi connectivity index (χ0n) is 19.9. The van der Waals surface area contributed by atoms with Gasteiger partial charge < -0.3 is 9.72 Å². The molecule has 0 bridgehead atoms. The first-order chi connectivity index (χ1) is 16.7. The van der Waals surface area contributed by atoms with E-state index in [0.29, 0.717) is 5.56 Å². The summed E-state index contributed by atoms with van der Waals surface area (Å²) in [5.41, 5.74) is 4.22. The zero-order chi connectivity index (χ0) is 23.6. The Hall–Kier alpha value is -3.59. The summed E-state index contributed by atoms with van der Waals surface area (Å²) in [6.45, 7) is 4.03. The van der Waals surface area contributed by atoms with E-state index in [2.05, 4.69) is 52.1 Å². The van der Waals surface area contributed by atoms with Crippen molar-refractivity contribution in [2.45, 2.75) is 38.8 Å². The van der Waals surface area contributed by atoms with Crippen molar-refractivity contribution in [3.05, 3.63) is 114 Å². The minimum Gasteiger partial charge on any atom is -0.457 e. The molecule has 1 aromatic heterocycles. The van der Waals surface area contributed by atoms with Gasteiger partial charge in [0.15, 0.2) is 0 Å². The van der Waals surface area contributed by atoms with Crippen molar-refractivity contribution in [1.82, 2.24) is 14.9 Å². The normalized spacial score (nSPS) is 11.5. The van der Waals surface area contributed by atoms with Crippen molar-refractivity contribution >= 4 is 12.4 Å². The highest BCUT2D eigenvalue weighted by Gasteiger charge is 2.22. The Morgan fingerprint density at radius 1 is 0.943 bits per heavy atom. The van der Waals surface area contributed by atoms with E-state index in [4.69, 9.17) is 10.00 Å². The first kappa shape index (κ1) is 26.0. The van der Waals surface area contributed by atoms with Crippen LogP contribution in [0.2, 0.25) is 0 Å². The van der Waals surface area contributed by atoms with Crippen LogP contribution in [0.3, 0.4) is 0 Å². The quantitative estimate of drug-likeness (QED) is 0.246. The van der Waals surface area contributed by atoms with Crippen molar-refractivity contribution in [3.63, 3.8) is 0 Å². The van der Waals surface area contributed by atoms with Crippen molar-refractivity contribution < 1.29 is 4.74 Å². The molecule has 0 fully saturated rings. The Morgan fingerprint density at radius 3 is 2.26 bits per heavy atom. The van der Waals surface area contributed by atoms with Crippen LogP contribution in [0.1, 0.15) is 48.2 Å². The number of rotatable bonds is 11. The van der Waals surface area contributed by atoms with Gasteiger partial charge in [-0.25, -0.2) is 4.98 Å². The average Bonchev–Trinajstić information content (AvgIpc) is 3.42. The Bertz CT molecular complexity index is 1170. The van der Waals surface area contributed by atoms with Crippen LogP contribution in [-0.4, -0.2) is 21.4 Å². The van der Waals surface area contributed by atoms with Crippen LogP contribution in [0, 0.1) is 11.3 Å². The Balaban J connectivity index is 0.00000342. The van der Waals surface area contributed by atoms with E-state index in [1.807, 2.05) is 60.8 Å². The highest BCUT2D eigenvalue weighted by Crippen LogP contribution is 2.28. The zero-order valence-corrected chi connectivity index (χ0v) is 20.7. The molecule has 5 nitrogen and oxygen atoms in total. The minimum atomic E-state index is 0. The van der Waals surface area contributed by atoms with Crippen LogP contribution in [-0.2, 0) is 13.0 Å². The minimum absolute atomic E-state index is 0. The number of nitriles is 1. The van der Waals surface area contributed by atoms with Gasteiger partial charge in [-0.3, -0.25) is 4.90 Å². The van der Waals surface area contributed by atoms with E-state index in [1.165, 1.54) is 11.1 Å². The lowest BCUT2D eigenvalue weighted by molar-refractivity contribution is 0.180. The van der Waals surface area contributed by atoms with Crippen LogP contribution >= 0.6 is 12.4 Å². The predicted molar refractivity (Wildman–Crippen MR) is 142 cm³/mol. The first-order valence-corrected chi connectivity index (χ1v) is 11.8. The highest BCUT2D eigenvalue weighted by atomic mass is 35.5. The molecule has 0 spiro atoms. The van der Waals surface area contributed by atoms with Crippen molar-refractivity contribution in [1.29, 1.82) is 5.26 Å². The van der Waals surface area contributed by atoms with Crippen LogP contribution in [0.25, 0.3) is 0 Å². The number of para-hydroxylation sites is 1. The summed E-state index contributed by atoms with van der Waals surface area (Å²) in [4.78, 5) is 10.1. The third-order valence-corrected chi connectivity index (χ3v) is 5.92. The summed E-state index contributed by atoms with van der Waals surface area (Å²) >= 11 is 0. The molecular formula is C29H31ClN4O. The number of hydrogen-bond acceptors (Lipinski definition) is 4. The van der Waals surface area contributed by atoms with Crippen molar-refractivity contribution in [2.75, 3.05) is 6.54 Å². The van der Waals surface area contributed by atoms with Crippen LogP contribution in [0.5, 0.6) is 11.5 Å². The fraction of sp³-hybridized carbons (Fsp3) is 0.241. The second kappa shape index (κ2) is 13.3. The van der Waals surface area contributed by atoms with Gasteiger partial charge in [-0.1, -0.05) is 55.8 Å².